The average Bonchev–Trinajstić information content (AvgIpc) is 2.24. The number of carbonyl (C=O) groups excluding carboxylic acids is 2. The number of amides is 2. The molecule has 1 rings (SSSR count). The van der Waals surface area contributed by atoms with Crippen molar-refractivity contribution in [3.63, 3.8) is 0 Å². The van der Waals surface area contributed by atoms with Crippen LogP contribution in [0.4, 0.5) is 0 Å². The van der Waals surface area contributed by atoms with Gasteiger partial charge in [0.1, 0.15) is 0 Å². The number of rotatable bonds is 5. The molecule has 5 heteroatoms. The Kier molecular flexibility index (Phi) is 5.15. The van der Waals surface area contributed by atoms with E-state index in [0.717, 1.165) is 30.7 Å². The van der Waals surface area contributed by atoms with Gasteiger partial charge in [-0.25, -0.2) is 0 Å². The lowest BCUT2D eigenvalue weighted by Crippen LogP contribution is -2.43. The van der Waals surface area contributed by atoms with Crippen molar-refractivity contribution in [1.82, 2.24) is 15.5 Å². The number of likely N-dealkylation sites (N-methyl/N-ethyl adjacent to an activating group) is 1. The fourth-order valence-electron chi connectivity index (χ4n) is 1.68. The van der Waals surface area contributed by atoms with Gasteiger partial charge in [0.2, 0.25) is 11.8 Å². The van der Waals surface area contributed by atoms with Gasteiger partial charge in [0.15, 0.2) is 0 Å². The van der Waals surface area contributed by atoms with E-state index >= 15 is 0 Å². The van der Waals surface area contributed by atoms with Crippen LogP contribution >= 0.6 is 0 Å². The summed E-state index contributed by atoms with van der Waals surface area (Å²) in [6.07, 6.45) is 0.851. The molecule has 2 amide bonds. The zero-order valence-electron chi connectivity index (χ0n) is 10.8. The van der Waals surface area contributed by atoms with Gasteiger partial charge >= 0.3 is 0 Å². The Morgan fingerprint density at radius 3 is 2.47 bits per heavy atom. The number of hydrogen-bond donors (Lipinski definition) is 2. The summed E-state index contributed by atoms with van der Waals surface area (Å²) >= 11 is 0. The summed E-state index contributed by atoms with van der Waals surface area (Å²) in [5.74, 6) is -0.150. The zero-order chi connectivity index (χ0) is 12.8. The molecule has 17 heavy (non-hydrogen) atoms. The topological polar surface area (TPSA) is 61.4 Å². The average molecular weight is 239 g/mol. The number of hydrogen-bond acceptors (Lipinski definition) is 3. The van der Waals surface area contributed by atoms with E-state index in [0.29, 0.717) is 6.54 Å². The third kappa shape index (κ3) is 3.56. The fourth-order valence-corrected chi connectivity index (χ4v) is 1.68. The van der Waals surface area contributed by atoms with Gasteiger partial charge in [0.25, 0.3) is 0 Å². The molecule has 1 heterocycles. The molecule has 2 N–H and O–H groups in total. The van der Waals surface area contributed by atoms with Gasteiger partial charge in [0, 0.05) is 32.3 Å². The van der Waals surface area contributed by atoms with Crippen molar-refractivity contribution in [2.45, 2.75) is 20.3 Å². The van der Waals surface area contributed by atoms with E-state index in [1.54, 1.807) is 11.9 Å². The van der Waals surface area contributed by atoms with E-state index in [4.69, 9.17) is 0 Å². The zero-order valence-corrected chi connectivity index (χ0v) is 10.8. The van der Waals surface area contributed by atoms with Crippen molar-refractivity contribution < 1.29 is 9.59 Å². The lowest BCUT2D eigenvalue weighted by Gasteiger charge is -2.26. The van der Waals surface area contributed by atoms with Crippen LogP contribution in [0, 0.1) is 0 Å². The normalized spacial score (nSPS) is 13.9. The molecule has 0 spiro atoms. The second-order valence-corrected chi connectivity index (χ2v) is 4.23. The maximum Gasteiger partial charge on any atom is 0.250 e. The van der Waals surface area contributed by atoms with Gasteiger partial charge in [0.05, 0.1) is 6.54 Å². The van der Waals surface area contributed by atoms with Crippen LogP contribution in [0.5, 0.6) is 0 Å². The summed E-state index contributed by atoms with van der Waals surface area (Å²) in [6, 6.07) is 0. The SMILES string of the molecule is CCCN(CC(=O)NC)C(=O)C(C)=C1CNC1. The Morgan fingerprint density at radius 2 is 2.06 bits per heavy atom. The maximum atomic E-state index is 12.2. The molecule has 1 aliphatic rings. The standard InChI is InChI=1S/C12H21N3O2/c1-4-5-15(8-11(16)13-3)12(17)9(2)10-6-14-7-10/h14H,4-8H2,1-3H3,(H,13,16). The highest BCUT2D eigenvalue weighted by Crippen LogP contribution is 2.12. The first-order valence-electron chi connectivity index (χ1n) is 5.99. The first kappa shape index (κ1) is 13.7. The Labute approximate surface area is 102 Å². The quantitative estimate of drug-likeness (QED) is 0.658. The predicted octanol–water partition coefficient (Wildman–Crippen LogP) is -0.109. The highest BCUT2D eigenvalue weighted by atomic mass is 16.2. The molecular formula is C12H21N3O2. The highest BCUT2D eigenvalue weighted by molar-refractivity contribution is 5.96. The van der Waals surface area contributed by atoms with E-state index in [1.807, 2.05) is 13.8 Å². The highest BCUT2D eigenvalue weighted by Gasteiger charge is 2.21. The summed E-state index contributed by atoms with van der Waals surface area (Å²) in [4.78, 5) is 25.1. The van der Waals surface area contributed by atoms with Crippen molar-refractivity contribution >= 4 is 11.8 Å². The molecular weight excluding hydrogens is 218 g/mol. The van der Waals surface area contributed by atoms with Crippen molar-refractivity contribution in [3.05, 3.63) is 11.1 Å². The molecule has 5 nitrogen and oxygen atoms in total. The van der Waals surface area contributed by atoms with E-state index in [9.17, 15) is 9.59 Å². The van der Waals surface area contributed by atoms with Gasteiger partial charge in [-0.1, -0.05) is 6.92 Å². The Hall–Kier alpha value is -1.36. The smallest absolute Gasteiger partial charge is 0.250 e. The minimum absolute atomic E-state index is 0.0213. The molecule has 0 radical (unpaired) electrons. The number of carbonyl (C=O) groups is 2. The molecule has 0 unspecified atom stereocenters. The van der Waals surface area contributed by atoms with Crippen molar-refractivity contribution in [2.75, 3.05) is 33.2 Å². The first-order chi connectivity index (χ1) is 8.10. The lowest BCUT2D eigenvalue weighted by molar-refractivity contribution is -0.133. The van der Waals surface area contributed by atoms with Crippen LogP contribution in [-0.2, 0) is 9.59 Å². The molecule has 1 fully saturated rings. The molecule has 0 aliphatic carbocycles. The van der Waals surface area contributed by atoms with Gasteiger partial charge < -0.3 is 15.5 Å². The second-order valence-electron chi connectivity index (χ2n) is 4.23. The van der Waals surface area contributed by atoms with E-state index in [2.05, 4.69) is 10.6 Å². The summed E-state index contributed by atoms with van der Waals surface area (Å²) in [6.45, 7) is 6.17. The molecule has 96 valence electrons. The first-order valence-corrected chi connectivity index (χ1v) is 5.99. The molecule has 1 aliphatic heterocycles. The summed E-state index contributed by atoms with van der Waals surface area (Å²) in [5.41, 5.74) is 1.93. The third-order valence-electron chi connectivity index (χ3n) is 2.92. The molecule has 1 saturated heterocycles. The van der Waals surface area contributed by atoms with E-state index < -0.39 is 0 Å². The number of nitrogens with one attached hydrogen (secondary N) is 2. The van der Waals surface area contributed by atoms with Crippen molar-refractivity contribution in [2.24, 2.45) is 0 Å². The van der Waals surface area contributed by atoms with Gasteiger partial charge in [-0.05, 0) is 18.9 Å². The van der Waals surface area contributed by atoms with Crippen LogP contribution in [0.1, 0.15) is 20.3 Å². The van der Waals surface area contributed by atoms with Crippen LogP contribution in [0.2, 0.25) is 0 Å². The van der Waals surface area contributed by atoms with Gasteiger partial charge in [-0.15, -0.1) is 0 Å². The summed E-state index contributed by atoms with van der Waals surface area (Å²) < 4.78 is 0. The second kappa shape index (κ2) is 6.39. The maximum absolute atomic E-state index is 12.2. The van der Waals surface area contributed by atoms with E-state index in [-0.39, 0.29) is 18.4 Å². The van der Waals surface area contributed by atoms with E-state index in [1.165, 1.54) is 0 Å². The Balaban J connectivity index is 2.69. The van der Waals surface area contributed by atoms with Gasteiger partial charge in [-0.3, -0.25) is 9.59 Å². The van der Waals surface area contributed by atoms with Crippen molar-refractivity contribution in [3.8, 4) is 0 Å². The van der Waals surface area contributed by atoms with Crippen LogP contribution in [0.25, 0.3) is 0 Å². The fraction of sp³-hybridized carbons (Fsp3) is 0.667. The predicted molar refractivity (Wildman–Crippen MR) is 66.5 cm³/mol. The minimum Gasteiger partial charge on any atom is -0.358 e. The molecule has 0 aromatic rings. The molecule has 0 aromatic heterocycles. The molecule has 0 atom stereocenters. The minimum atomic E-state index is -0.128. The monoisotopic (exact) mass is 239 g/mol. The van der Waals surface area contributed by atoms with Crippen LogP contribution < -0.4 is 10.6 Å². The number of nitrogens with zero attached hydrogens (tertiary/aromatic N) is 1. The lowest BCUT2D eigenvalue weighted by atomic mass is 10.0. The Morgan fingerprint density at radius 1 is 1.41 bits per heavy atom. The Bertz CT molecular complexity index is 331. The van der Waals surface area contributed by atoms with Crippen LogP contribution in [0.3, 0.4) is 0 Å². The molecule has 0 saturated carbocycles. The molecule has 0 aromatic carbocycles. The van der Waals surface area contributed by atoms with Crippen LogP contribution in [0.15, 0.2) is 11.1 Å². The third-order valence-corrected chi connectivity index (χ3v) is 2.92. The van der Waals surface area contributed by atoms with Crippen molar-refractivity contribution in [1.29, 1.82) is 0 Å². The summed E-state index contributed by atoms with van der Waals surface area (Å²) in [5, 5.41) is 5.66. The van der Waals surface area contributed by atoms with Crippen LogP contribution in [-0.4, -0.2) is 49.9 Å². The summed E-state index contributed by atoms with van der Waals surface area (Å²) in [7, 11) is 1.58. The molecule has 0 bridgehead atoms. The van der Waals surface area contributed by atoms with Gasteiger partial charge in [-0.2, -0.15) is 0 Å². The largest absolute Gasteiger partial charge is 0.358 e.